The number of hydrogen-bond acceptors (Lipinski definition) is 4. The number of hydrogen-bond donors (Lipinski definition) is 0. The van der Waals surface area contributed by atoms with E-state index in [2.05, 4.69) is 6.58 Å². The summed E-state index contributed by atoms with van der Waals surface area (Å²) in [6, 6.07) is 0. The van der Waals surface area contributed by atoms with Crippen molar-refractivity contribution in [3.63, 3.8) is 0 Å². The Morgan fingerprint density at radius 2 is 2.00 bits per heavy atom. The standard InChI is InChI=1S/C10H15NO3/c1-5-6-14-10(13)9(8(2)12)7-11(3)4/h5,7H,1,6H2,2-4H3/b9-7-. The molecular weight excluding hydrogens is 182 g/mol. The molecule has 0 saturated heterocycles. The van der Waals surface area contributed by atoms with Crippen molar-refractivity contribution < 1.29 is 14.3 Å². The van der Waals surface area contributed by atoms with Crippen molar-refractivity contribution in [3.8, 4) is 0 Å². The minimum absolute atomic E-state index is 0.0388. The summed E-state index contributed by atoms with van der Waals surface area (Å²) < 4.78 is 4.74. The summed E-state index contributed by atoms with van der Waals surface area (Å²) >= 11 is 0. The number of Topliss-reactive ketones (excluding diaryl/α,β-unsaturated/α-hetero) is 1. The normalized spacial score (nSPS) is 10.6. The van der Waals surface area contributed by atoms with Crippen molar-refractivity contribution >= 4 is 11.8 Å². The maximum Gasteiger partial charge on any atom is 0.343 e. The van der Waals surface area contributed by atoms with Crippen molar-refractivity contribution in [2.75, 3.05) is 20.7 Å². The fourth-order valence-corrected chi connectivity index (χ4v) is 0.758. The molecule has 0 atom stereocenters. The summed E-state index contributed by atoms with van der Waals surface area (Å²) in [6.45, 7) is 4.84. The van der Waals surface area contributed by atoms with E-state index in [9.17, 15) is 9.59 Å². The van der Waals surface area contributed by atoms with Crippen molar-refractivity contribution in [1.29, 1.82) is 0 Å². The highest BCUT2D eigenvalue weighted by molar-refractivity contribution is 6.16. The first-order valence-electron chi connectivity index (χ1n) is 4.16. The van der Waals surface area contributed by atoms with E-state index in [0.29, 0.717) is 0 Å². The van der Waals surface area contributed by atoms with Crippen LogP contribution in [-0.2, 0) is 14.3 Å². The lowest BCUT2D eigenvalue weighted by Gasteiger charge is -2.08. The molecule has 0 aromatic carbocycles. The van der Waals surface area contributed by atoms with Gasteiger partial charge in [-0.1, -0.05) is 12.7 Å². The van der Waals surface area contributed by atoms with E-state index in [1.807, 2.05) is 0 Å². The smallest absolute Gasteiger partial charge is 0.343 e. The Balaban J connectivity index is 4.58. The first kappa shape index (κ1) is 12.4. The van der Waals surface area contributed by atoms with Gasteiger partial charge in [-0.05, 0) is 6.92 Å². The van der Waals surface area contributed by atoms with Gasteiger partial charge in [0.2, 0.25) is 0 Å². The van der Waals surface area contributed by atoms with Crippen LogP contribution in [-0.4, -0.2) is 37.4 Å². The van der Waals surface area contributed by atoms with Gasteiger partial charge >= 0.3 is 5.97 Å². The third-order valence-electron chi connectivity index (χ3n) is 1.32. The number of carbonyl (C=O) groups is 2. The molecule has 0 saturated carbocycles. The van der Waals surface area contributed by atoms with Gasteiger partial charge in [-0.3, -0.25) is 4.79 Å². The van der Waals surface area contributed by atoms with Crippen molar-refractivity contribution in [2.45, 2.75) is 6.92 Å². The van der Waals surface area contributed by atoms with Crippen LogP contribution in [0.5, 0.6) is 0 Å². The maximum atomic E-state index is 11.3. The number of ether oxygens (including phenoxy) is 1. The monoisotopic (exact) mass is 197 g/mol. The summed E-state index contributed by atoms with van der Waals surface area (Å²) in [5.74, 6) is -0.932. The SMILES string of the molecule is C=CCOC(=O)/C(=C\N(C)C)C(C)=O. The zero-order valence-corrected chi connectivity index (χ0v) is 8.74. The summed E-state index contributed by atoms with van der Waals surface area (Å²) in [7, 11) is 3.45. The number of nitrogens with zero attached hydrogens (tertiary/aromatic N) is 1. The van der Waals surface area contributed by atoms with Crippen LogP contribution in [0.2, 0.25) is 0 Å². The summed E-state index contributed by atoms with van der Waals surface area (Å²) in [5.41, 5.74) is 0.0388. The van der Waals surface area contributed by atoms with E-state index >= 15 is 0 Å². The molecule has 0 fully saturated rings. The van der Waals surface area contributed by atoms with Gasteiger partial charge in [0.25, 0.3) is 0 Å². The maximum absolute atomic E-state index is 11.3. The summed E-state index contributed by atoms with van der Waals surface area (Å²) in [6.07, 6.45) is 2.89. The molecule has 14 heavy (non-hydrogen) atoms. The zero-order chi connectivity index (χ0) is 11.1. The van der Waals surface area contributed by atoms with Crippen LogP contribution in [0.4, 0.5) is 0 Å². The molecule has 0 radical (unpaired) electrons. The second-order valence-corrected chi connectivity index (χ2v) is 2.95. The molecule has 0 unspecified atom stereocenters. The Hall–Kier alpha value is -1.58. The van der Waals surface area contributed by atoms with Crippen LogP contribution in [0.3, 0.4) is 0 Å². The molecule has 4 nitrogen and oxygen atoms in total. The molecular formula is C10H15NO3. The van der Waals surface area contributed by atoms with Gasteiger partial charge in [-0.25, -0.2) is 4.79 Å². The third kappa shape index (κ3) is 4.45. The average molecular weight is 197 g/mol. The zero-order valence-electron chi connectivity index (χ0n) is 8.74. The first-order valence-corrected chi connectivity index (χ1v) is 4.16. The number of rotatable bonds is 5. The highest BCUT2D eigenvalue weighted by atomic mass is 16.5. The minimum Gasteiger partial charge on any atom is -0.458 e. The van der Waals surface area contributed by atoms with Gasteiger partial charge in [-0.2, -0.15) is 0 Å². The second kappa shape index (κ2) is 5.96. The van der Waals surface area contributed by atoms with Gasteiger partial charge in [0.05, 0.1) is 0 Å². The quantitative estimate of drug-likeness (QED) is 0.214. The van der Waals surface area contributed by atoms with Crippen LogP contribution in [0.15, 0.2) is 24.4 Å². The molecule has 0 amide bonds. The lowest BCUT2D eigenvalue weighted by molar-refractivity contribution is -0.139. The Kier molecular flexibility index (Phi) is 5.29. The third-order valence-corrected chi connectivity index (χ3v) is 1.32. The van der Waals surface area contributed by atoms with E-state index in [1.54, 1.807) is 19.0 Å². The van der Waals surface area contributed by atoms with Gasteiger partial charge < -0.3 is 9.64 Å². The fraction of sp³-hybridized carbons (Fsp3) is 0.400. The van der Waals surface area contributed by atoms with E-state index < -0.39 is 5.97 Å². The Labute approximate surface area is 83.8 Å². The molecule has 0 aliphatic rings. The van der Waals surface area contributed by atoms with Gasteiger partial charge in [0.15, 0.2) is 5.78 Å². The minimum atomic E-state index is -0.619. The Bertz CT molecular complexity index is 267. The van der Waals surface area contributed by atoms with Crippen LogP contribution >= 0.6 is 0 Å². The van der Waals surface area contributed by atoms with Gasteiger partial charge in [-0.15, -0.1) is 0 Å². The summed E-state index contributed by atoms with van der Waals surface area (Å²) in [4.78, 5) is 24.0. The predicted octanol–water partition coefficient (Wildman–Crippen LogP) is 0.750. The van der Waals surface area contributed by atoms with Crippen molar-refractivity contribution in [1.82, 2.24) is 4.90 Å². The molecule has 78 valence electrons. The lowest BCUT2D eigenvalue weighted by atomic mass is 10.2. The average Bonchev–Trinajstić information content (AvgIpc) is 2.09. The van der Waals surface area contributed by atoms with E-state index in [-0.39, 0.29) is 18.0 Å². The van der Waals surface area contributed by atoms with Crippen LogP contribution in [0.1, 0.15) is 6.92 Å². The number of ketones is 1. The van der Waals surface area contributed by atoms with E-state index in [4.69, 9.17) is 4.74 Å². The van der Waals surface area contributed by atoms with Crippen molar-refractivity contribution in [2.24, 2.45) is 0 Å². The largest absolute Gasteiger partial charge is 0.458 e. The molecule has 0 N–H and O–H groups in total. The van der Waals surface area contributed by atoms with Crippen molar-refractivity contribution in [3.05, 3.63) is 24.4 Å². The van der Waals surface area contributed by atoms with Crippen LogP contribution in [0, 0.1) is 0 Å². The number of esters is 1. The molecule has 0 aliphatic carbocycles. The first-order chi connectivity index (χ1) is 6.49. The molecule has 0 heterocycles. The molecule has 0 bridgehead atoms. The molecule has 0 spiro atoms. The van der Waals surface area contributed by atoms with E-state index in [1.165, 1.54) is 19.2 Å². The predicted molar refractivity (Wildman–Crippen MR) is 53.6 cm³/mol. The van der Waals surface area contributed by atoms with Gasteiger partial charge in [0.1, 0.15) is 12.2 Å². The Morgan fingerprint density at radius 1 is 1.43 bits per heavy atom. The highest BCUT2D eigenvalue weighted by Crippen LogP contribution is 2.01. The fourth-order valence-electron chi connectivity index (χ4n) is 0.758. The molecule has 0 rings (SSSR count). The molecule has 0 aliphatic heterocycles. The molecule has 0 aromatic rings. The number of carbonyl (C=O) groups excluding carboxylic acids is 2. The lowest BCUT2D eigenvalue weighted by Crippen LogP contribution is -2.17. The van der Waals surface area contributed by atoms with Gasteiger partial charge in [0, 0.05) is 20.3 Å². The second-order valence-electron chi connectivity index (χ2n) is 2.95. The summed E-state index contributed by atoms with van der Waals surface area (Å²) in [5, 5.41) is 0. The topological polar surface area (TPSA) is 46.6 Å². The highest BCUT2D eigenvalue weighted by Gasteiger charge is 2.15. The Morgan fingerprint density at radius 3 is 2.36 bits per heavy atom. The van der Waals surface area contributed by atoms with Crippen LogP contribution in [0.25, 0.3) is 0 Å². The van der Waals surface area contributed by atoms with E-state index in [0.717, 1.165) is 0 Å². The molecule has 0 aromatic heterocycles. The molecule has 4 heteroatoms. The van der Waals surface area contributed by atoms with Crippen LogP contribution < -0.4 is 0 Å².